The molecule has 7 nitrogen and oxygen atoms in total. The first-order valence-electron chi connectivity index (χ1n) is 8.84. The Hall–Kier alpha value is -2.44. The van der Waals surface area contributed by atoms with E-state index in [2.05, 4.69) is 26.9 Å². The van der Waals surface area contributed by atoms with Gasteiger partial charge in [0, 0.05) is 44.5 Å². The molecule has 2 aromatic rings. The second-order valence-corrected chi connectivity index (χ2v) is 7.55. The highest BCUT2D eigenvalue weighted by Crippen LogP contribution is 2.48. The van der Waals surface area contributed by atoms with Crippen molar-refractivity contribution in [3.63, 3.8) is 0 Å². The van der Waals surface area contributed by atoms with Gasteiger partial charge < -0.3 is 9.80 Å². The summed E-state index contributed by atoms with van der Waals surface area (Å²) >= 11 is 0. The van der Waals surface area contributed by atoms with Crippen molar-refractivity contribution in [3.8, 4) is 0 Å². The lowest BCUT2D eigenvalue weighted by Gasteiger charge is -2.29. The number of carbonyl (C=O) groups is 1. The zero-order chi connectivity index (χ0) is 17.4. The van der Waals surface area contributed by atoms with E-state index in [0.717, 1.165) is 36.8 Å². The van der Waals surface area contributed by atoms with Gasteiger partial charge in [0.25, 0.3) is 0 Å². The maximum atomic E-state index is 12.4. The molecule has 7 heteroatoms. The largest absolute Gasteiger partial charge is 0.341 e. The number of anilines is 1. The average Bonchev–Trinajstić information content (AvgIpc) is 3.22. The minimum Gasteiger partial charge on any atom is -0.341 e. The van der Waals surface area contributed by atoms with Crippen molar-refractivity contribution in [2.75, 3.05) is 18.5 Å². The first-order valence-corrected chi connectivity index (χ1v) is 8.84. The lowest BCUT2D eigenvalue weighted by molar-refractivity contribution is -0.131. The number of fused-ring (bicyclic) bond motifs is 1. The third-order valence-corrected chi connectivity index (χ3v) is 5.31. The zero-order valence-electron chi connectivity index (χ0n) is 14.9. The predicted molar refractivity (Wildman–Crippen MR) is 93.7 cm³/mol. The molecule has 1 aliphatic carbocycles. The normalized spacial score (nSPS) is 17.9. The Bertz CT molecular complexity index is 767. The van der Waals surface area contributed by atoms with Crippen LogP contribution < -0.4 is 4.90 Å². The van der Waals surface area contributed by atoms with Crippen molar-refractivity contribution in [2.24, 2.45) is 5.41 Å². The van der Waals surface area contributed by atoms with Gasteiger partial charge >= 0.3 is 0 Å². The molecule has 1 aliphatic heterocycles. The topological polar surface area (TPSA) is 67.2 Å². The standard InChI is InChI=1S/C18H24N6O/c1-18(4-5-18)10-16(25)22(2)12-14-11-21-24-9-8-23(13-15(14)24)17-19-6-3-7-20-17/h3,6-7,11H,4-5,8-10,12-13H2,1-2H3. The minimum atomic E-state index is 0.221. The Kier molecular flexibility index (Phi) is 3.94. The van der Waals surface area contributed by atoms with E-state index in [1.807, 2.05) is 28.9 Å². The van der Waals surface area contributed by atoms with Crippen LogP contribution in [0.1, 0.15) is 37.4 Å². The Balaban J connectivity index is 1.46. The van der Waals surface area contributed by atoms with Crippen molar-refractivity contribution in [2.45, 2.75) is 45.8 Å². The van der Waals surface area contributed by atoms with E-state index in [0.29, 0.717) is 13.0 Å². The number of amides is 1. The monoisotopic (exact) mass is 340 g/mol. The smallest absolute Gasteiger partial charge is 0.225 e. The summed E-state index contributed by atoms with van der Waals surface area (Å²) in [5.74, 6) is 0.964. The van der Waals surface area contributed by atoms with Crippen LogP contribution in [0, 0.1) is 5.41 Å². The van der Waals surface area contributed by atoms with Crippen LogP contribution in [-0.4, -0.2) is 44.1 Å². The van der Waals surface area contributed by atoms with E-state index in [1.54, 1.807) is 12.4 Å². The number of nitrogens with zero attached hydrogens (tertiary/aromatic N) is 6. The van der Waals surface area contributed by atoms with Crippen LogP contribution >= 0.6 is 0 Å². The van der Waals surface area contributed by atoms with Crippen LogP contribution in [0.15, 0.2) is 24.7 Å². The van der Waals surface area contributed by atoms with Crippen molar-refractivity contribution < 1.29 is 4.79 Å². The molecule has 0 radical (unpaired) electrons. The summed E-state index contributed by atoms with van der Waals surface area (Å²) in [5, 5.41) is 4.50. The molecule has 132 valence electrons. The molecular formula is C18H24N6O. The molecule has 3 heterocycles. The summed E-state index contributed by atoms with van der Waals surface area (Å²) in [7, 11) is 1.89. The van der Waals surface area contributed by atoms with Crippen LogP contribution in [-0.2, 0) is 24.4 Å². The fourth-order valence-corrected chi connectivity index (χ4v) is 3.29. The van der Waals surface area contributed by atoms with E-state index in [9.17, 15) is 4.79 Å². The lowest BCUT2D eigenvalue weighted by atomic mass is 10.0. The SMILES string of the molecule is CN(Cc1cnn2c1CN(c1ncccn1)CC2)C(=O)CC1(C)CC1. The van der Waals surface area contributed by atoms with Crippen molar-refractivity contribution in [1.82, 2.24) is 24.6 Å². The molecule has 2 aromatic heterocycles. The average molecular weight is 340 g/mol. The molecule has 0 bridgehead atoms. The molecule has 0 spiro atoms. The van der Waals surface area contributed by atoms with Gasteiger partial charge in [-0.3, -0.25) is 9.48 Å². The van der Waals surface area contributed by atoms with Crippen LogP contribution in [0.4, 0.5) is 5.95 Å². The van der Waals surface area contributed by atoms with Gasteiger partial charge in [-0.25, -0.2) is 9.97 Å². The van der Waals surface area contributed by atoms with E-state index >= 15 is 0 Å². The van der Waals surface area contributed by atoms with Crippen LogP contribution in [0.25, 0.3) is 0 Å². The Labute approximate surface area is 147 Å². The van der Waals surface area contributed by atoms with E-state index in [4.69, 9.17) is 0 Å². The molecule has 1 amide bonds. The number of aromatic nitrogens is 4. The van der Waals surface area contributed by atoms with Gasteiger partial charge in [-0.05, 0) is 24.3 Å². The quantitative estimate of drug-likeness (QED) is 0.831. The van der Waals surface area contributed by atoms with Gasteiger partial charge in [-0.2, -0.15) is 5.10 Å². The highest BCUT2D eigenvalue weighted by Gasteiger charge is 2.39. The lowest BCUT2D eigenvalue weighted by Crippen LogP contribution is -2.36. The number of hydrogen-bond acceptors (Lipinski definition) is 5. The third-order valence-electron chi connectivity index (χ3n) is 5.31. The molecule has 0 unspecified atom stereocenters. The molecule has 1 fully saturated rings. The third kappa shape index (κ3) is 3.36. The van der Waals surface area contributed by atoms with Gasteiger partial charge in [-0.1, -0.05) is 6.92 Å². The molecular weight excluding hydrogens is 316 g/mol. The van der Waals surface area contributed by atoms with E-state index < -0.39 is 0 Å². The Morgan fingerprint density at radius 2 is 2.04 bits per heavy atom. The van der Waals surface area contributed by atoms with Crippen LogP contribution in [0.3, 0.4) is 0 Å². The number of rotatable bonds is 5. The van der Waals surface area contributed by atoms with Gasteiger partial charge in [0.2, 0.25) is 11.9 Å². The molecule has 1 saturated carbocycles. The van der Waals surface area contributed by atoms with E-state index in [1.165, 1.54) is 12.8 Å². The molecule has 0 atom stereocenters. The van der Waals surface area contributed by atoms with Gasteiger partial charge in [-0.15, -0.1) is 0 Å². The summed E-state index contributed by atoms with van der Waals surface area (Å²) in [6.07, 6.45) is 8.41. The molecule has 0 saturated heterocycles. The zero-order valence-corrected chi connectivity index (χ0v) is 14.9. The summed E-state index contributed by atoms with van der Waals surface area (Å²) in [6.45, 7) is 5.17. The molecule has 2 aliphatic rings. The molecule has 0 aromatic carbocycles. The van der Waals surface area contributed by atoms with Crippen molar-refractivity contribution in [3.05, 3.63) is 35.9 Å². The highest BCUT2D eigenvalue weighted by atomic mass is 16.2. The number of hydrogen-bond donors (Lipinski definition) is 0. The fraction of sp³-hybridized carbons (Fsp3) is 0.556. The van der Waals surface area contributed by atoms with Crippen LogP contribution in [0.5, 0.6) is 0 Å². The minimum absolute atomic E-state index is 0.221. The molecule has 4 rings (SSSR count). The summed E-state index contributed by atoms with van der Waals surface area (Å²) in [4.78, 5) is 25.1. The van der Waals surface area contributed by atoms with Gasteiger partial charge in [0.15, 0.2) is 0 Å². The molecule has 0 N–H and O–H groups in total. The maximum Gasteiger partial charge on any atom is 0.225 e. The van der Waals surface area contributed by atoms with E-state index in [-0.39, 0.29) is 11.3 Å². The summed E-state index contributed by atoms with van der Waals surface area (Å²) in [6, 6.07) is 1.82. The first-order chi connectivity index (χ1) is 12.0. The predicted octanol–water partition coefficient (Wildman–Crippen LogP) is 1.84. The second kappa shape index (κ2) is 6.13. The summed E-state index contributed by atoms with van der Waals surface area (Å²) < 4.78 is 2.04. The molecule has 25 heavy (non-hydrogen) atoms. The maximum absolute atomic E-state index is 12.4. The highest BCUT2D eigenvalue weighted by molar-refractivity contribution is 5.77. The van der Waals surface area contributed by atoms with Gasteiger partial charge in [0.05, 0.1) is 25.0 Å². The Morgan fingerprint density at radius 3 is 2.76 bits per heavy atom. The Morgan fingerprint density at radius 1 is 1.28 bits per heavy atom. The summed E-state index contributed by atoms with van der Waals surface area (Å²) in [5.41, 5.74) is 2.50. The first kappa shape index (κ1) is 16.1. The van der Waals surface area contributed by atoms with Gasteiger partial charge in [0.1, 0.15) is 0 Å². The fourth-order valence-electron chi connectivity index (χ4n) is 3.29. The second-order valence-electron chi connectivity index (χ2n) is 7.55. The van der Waals surface area contributed by atoms with Crippen molar-refractivity contribution in [1.29, 1.82) is 0 Å². The van der Waals surface area contributed by atoms with Crippen molar-refractivity contribution >= 4 is 11.9 Å². The number of carbonyl (C=O) groups excluding carboxylic acids is 1. The van der Waals surface area contributed by atoms with Crippen LogP contribution in [0.2, 0.25) is 0 Å².